The molecule has 12 rings (SSSR count). The van der Waals surface area contributed by atoms with Gasteiger partial charge >= 0.3 is 0 Å². The minimum Gasteiger partial charge on any atom is -0.456 e. The van der Waals surface area contributed by atoms with E-state index < -0.39 is 0 Å². The molecule has 0 fully saturated rings. The normalized spacial score (nSPS) is 12.8. The highest BCUT2D eigenvalue weighted by molar-refractivity contribution is 6.08. The van der Waals surface area contributed by atoms with Crippen molar-refractivity contribution < 1.29 is 4.42 Å². The Morgan fingerprint density at radius 1 is 0.339 bits per heavy atom. The highest BCUT2D eigenvalue weighted by Crippen LogP contribution is 2.51. The Balaban J connectivity index is 0.940. The molecule has 0 bridgehead atoms. The third-order valence-corrected chi connectivity index (χ3v) is 13.0. The molecule has 11 aromatic rings. The summed E-state index contributed by atoms with van der Waals surface area (Å²) in [7, 11) is 0. The van der Waals surface area contributed by atoms with Crippen molar-refractivity contribution in [3.05, 3.63) is 230 Å². The van der Waals surface area contributed by atoms with Gasteiger partial charge in [0.2, 0.25) is 0 Å². The molecule has 1 heterocycles. The van der Waals surface area contributed by atoms with Crippen LogP contribution < -0.4 is 9.80 Å². The lowest BCUT2D eigenvalue weighted by atomic mass is 9.82. The van der Waals surface area contributed by atoms with Gasteiger partial charge in [-0.2, -0.15) is 0 Å². The largest absolute Gasteiger partial charge is 0.456 e. The van der Waals surface area contributed by atoms with Gasteiger partial charge in [0.25, 0.3) is 0 Å². The molecule has 1 aromatic heterocycles. The van der Waals surface area contributed by atoms with E-state index in [4.69, 9.17) is 4.42 Å². The van der Waals surface area contributed by atoms with Crippen molar-refractivity contribution in [3.8, 4) is 22.3 Å². The van der Waals surface area contributed by atoms with E-state index in [2.05, 4.69) is 230 Å². The Bertz CT molecular complexity index is 3490. The molecule has 0 atom stereocenters. The van der Waals surface area contributed by atoms with Crippen LogP contribution in [0.4, 0.5) is 34.1 Å². The van der Waals surface area contributed by atoms with Crippen LogP contribution in [-0.2, 0) is 5.41 Å². The molecule has 0 aliphatic heterocycles. The van der Waals surface area contributed by atoms with Gasteiger partial charge in [-0.05, 0) is 117 Å². The Labute approximate surface area is 361 Å². The number of hydrogen-bond acceptors (Lipinski definition) is 3. The SMILES string of the molecule is CC1(C)c2ccccc2-c2ccc(N(c3ccc(-c4ccc(N(c5ccc6oc7ccccc7c6c5)c5cccc6ccccc56)cc4)cc3)c3cccc4ccccc34)cc21. The van der Waals surface area contributed by atoms with Gasteiger partial charge in [0.15, 0.2) is 0 Å². The fourth-order valence-corrected chi connectivity index (χ4v) is 9.95. The summed E-state index contributed by atoms with van der Waals surface area (Å²) >= 11 is 0. The minimum absolute atomic E-state index is 0.105. The number of fused-ring (bicyclic) bond motifs is 8. The first-order chi connectivity index (χ1) is 30.5. The zero-order valence-corrected chi connectivity index (χ0v) is 34.6. The monoisotopic (exact) mass is 794 g/mol. The molecule has 1 aliphatic rings. The molecule has 0 spiro atoms. The van der Waals surface area contributed by atoms with E-state index >= 15 is 0 Å². The summed E-state index contributed by atoms with van der Waals surface area (Å²) < 4.78 is 6.24. The van der Waals surface area contributed by atoms with Gasteiger partial charge in [0.1, 0.15) is 11.2 Å². The number of furan rings is 1. The van der Waals surface area contributed by atoms with Crippen LogP contribution in [0.5, 0.6) is 0 Å². The summed E-state index contributed by atoms with van der Waals surface area (Å²) in [4.78, 5) is 4.80. The summed E-state index contributed by atoms with van der Waals surface area (Å²) in [5.41, 5.74) is 16.1. The summed E-state index contributed by atoms with van der Waals surface area (Å²) in [5, 5.41) is 7.05. The maximum absolute atomic E-state index is 6.24. The molecule has 62 heavy (non-hydrogen) atoms. The molecule has 0 amide bonds. The van der Waals surface area contributed by atoms with Gasteiger partial charge in [-0.1, -0.05) is 159 Å². The second kappa shape index (κ2) is 14.1. The quantitative estimate of drug-likeness (QED) is 0.160. The summed E-state index contributed by atoms with van der Waals surface area (Å²) in [6.45, 7) is 4.70. The van der Waals surface area contributed by atoms with E-state index in [1.54, 1.807) is 0 Å². The Morgan fingerprint density at radius 3 is 1.45 bits per heavy atom. The molecule has 0 radical (unpaired) electrons. The third-order valence-electron chi connectivity index (χ3n) is 13.0. The number of benzene rings is 10. The lowest BCUT2D eigenvalue weighted by Crippen LogP contribution is -2.16. The predicted octanol–water partition coefficient (Wildman–Crippen LogP) is 16.8. The third kappa shape index (κ3) is 5.73. The average molecular weight is 795 g/mol. The molecule has 0 saturated heterocycles. The van der Waals surface area contributed by atoms with Gasteiger partial charge in [-0.3, -0.25) is 0 Å². The van der Waals surface area contributed by atoms with Crippen LogP contribution in [0.15, 0.2) is 223 Å². The fraction of sp³-hybridized carbons (Fsp3) is 0.0508. The van der Waals surface area contributed by atoms with Crippen molar-refractivity contribution >= 4 is 77.6 Å². The van der Waals surface area contributed by atoms with Crippen molar-refractivity contribution in [1.29, 1.82) is 0 Å². The van der Waals surface area contributed by atoms with E-state index in [1.165, 1.54) is 43.8 Å². The van der Waals surface area contributed by atoms with Crippen molar-refractivity contribution in [2.75, 3.05) is 9.80 Å². The standard InChI is InChI=1S/C59H42N2O/c1-59(2)53-21-9-7-19-49(53)50-35-33-46(38-54(50)59)61(56-23-12-16-42-14-4-6-18-48(42)56)44-31-27-40(28-32-44)39-25-29-43(30-26-39)60(55-22-11-15-41-13-3-5-17-47(41)55)45-34-36-58-52(37-45)51-20-8-10-24-57(51)62-58/h3-38H,1-2H3. The van der Waals surface area contributed by atoms with Crippen LogP contribution in [-0.4, -0.2) is 0 Å². The maximum Gasteiger partial charge on any atom is 0.135 e. The highest BCUT2D eigenvalue weighted by Gasteiger charge is 2.36. The number of rotatable bonds is 7. The van der Waals surface area contributed by atoms with Crippen LogP contribution in [0.25, 0.3) is 65.7 Å². The first kappa shape index (κ1) is 36.0. The zero-order chi connectivity index (χ0) is 41.4. The smallest absolute Gasteiger partial charge is 0.135 e. The van der Waals surface area contributed by atoms with Crippen LogP contribution >= 0.6 is 0 Å². The zero-order valence-electron chi connectivity index (χ0n) is 34.6. The molecule has 0 unspecified atom stereocenters. The second-order valence-electron chi connectivity index (χ2n) is 16.9. The topological polar surface area (TPSA) is 19.6 Å². The van der Waals surface area contributed by atoms with Gasteiger partial charge in [-0.15, -0.1) is 0 Å². The summed E-state index contributed by atoms with van der Waals surface area (Å²) in [6, 6.07) is 79.2. The van der Waals surface area contributed by atoms with Crippen LogP contribution in [0.1, 0.15) is 25.0 Å². The molecular weight excluding hydrogens is 753 g/mol. The number of para-hydroxylation sites is 1. The summed E-state index contributed by atoms with van der Waals surface area (Å²) in [6.07, 6.45) is 0. The fourth-order valence-electron chi connectivity index (χ4n) is 9.95. The van der Waals surface area contributed by atoms with Gasteiger partial charge < -0.3 is 14.2 Å². The van der Waals surface area contributed by atoms with E-state index in [0.717, 1.165) is 67.2 Å². The predicted molar refractivity (Wildman–Crippen MR) is 261 cm³/mol. The molecule has 1 aliphatic carbocycles. The van der Waals surface area contributed by atoms with Gasteiger partial charge in [-0.25, -0.2) is 0 Å². The lowest BCUT2D eigenvalue weighted by molar-refractivity contribution is 0.660. The number of nitrogens with zero attached hydrogens (tertiary/aromatic N) is 2. The van der Waals surface area contributed by atoms with Crippen molar-refractivity contribution in [3.63, 3.8) is 0 Å². The van der Waals surface area contributed by atoms with E-state index in [9.17, 15) is 0 Å². The molecular formula is C59H42N2O. The van der Waals surface area contributed by atoms with Crippen molar-refractivity contribution in [2.45, 2.75) is 19.3 Å². The minimum atomic E-state index is -0.105. The second-order valence-corrected chi connectivity index (χ2v) is 16.9. The number of hydrogen-bond donors (Lipinski definition) is 0. The molecule has 3 heteroatoms. The molecule has 0 N–H and O–H groups in total. The molecule has 0 saturated carbocycles. The van der Waals surface area contributed by atoms with Crippen LogP contribution in [0, 0.1) is 0 Å². The average Bonchev–Trinajstić information content (AvgIpc) is 3.81. The van der Waals surface area contributed by atoms with Gasteiger partial charge in [0, 0.05) is 49.7 Å². The van der Waals surface area contributed by atoms with E-state index in [1.807, 2.05) is 12.1 Å². The van der Waals surface area contributed by atoms with Crippen LogP contribution in [0.2, 0.25) is 0 Å². The Hall–Kier alpha value is -7.88. The van der Waals surface area contributed by atoms with Crippen molar-refractivity contribution in [2.24, 2.45) is 0 Å². The Morgan fingerprint density at radius 2 is 0.806 bits per heavy atom. The highest BCUT2D eigenvalue weighted by atomic mass is 16.3. The van der Waals surface area contributed by atoms with Crippen molar-refractivity contribution in [1.82, 2.24) is 0 Å². The van der Waals surface area contributed by atoms with Crippen LogP contribution in [0.3, 0.4) is 0 Å². The van der Waals surface area contributed by atoms with E-state index in [0.29, 0.717) is 0 Å². The first-order valence-electron chi connectivity index (χ1n) is 21.4. The molecule has 294 valence electrons. The molecule has 3 nitrogen and oxygen atoms in total. The molecule has 10 aromatic carbocycles. The van der Waals surface area contributed by atoms with Gasteiger partial charge in [0.05, 0.1) is 11.4 Å². The number of anilines is 6. The summed E-state index contributed by atoms with van der Waals surface area (Å²) in [5.74, 6) is 0. The maximum atomic E-state index is 6.24. The van der Waals surface area contributed by atoms with E-state index in [-0.39, 0.29) is 5.41 Å². The lowest BCUT2D eigenvalue weighted by Gasteiger charge is -2.29. The Kier molecular flexibility index (Phi) is 8.20. The first-order valence-corrected chi connectivity index (χ1v) is 21.4.